The Hall–Kier alpha value is -1.72. The van der Waals surface area contributed by atoms with Gasteiger partial charge in [-0.1, -0.05) is 19.3 Å². The summed E-state index contributed by atoms with van der Waals surface area (Å²) in [7, 11) is -3.76. The Morgan fingerprint density at radius 2 is 2.00 bits per heavy atom. The number of hydrogen-bond donors (Lipinski definition) is 2. The van der Waals surface area contributed by atoms with Crippen molar-refractivity contribution >= 4 is 26.5 Å². The lowest BCUT2D eigenvalue weighted by Crippen LogP contribution is -2.37. The molecule has 0 atom stereocenters. The van der Waals surface area contributed by atoms with Gasteiger partial charge in [0.25, 0.3) is 10.0 Å². The highest BCUT2D eigenvalue weighted by Gasteiger charge is 2.29. The topological polar surface area (TPSA) is 101 Å². The Bertz CT molecular complexity index is 1060. The SMILES string of the molecule is Cc1cc(OCCCN2CCOCC2)ccc1S(=O)(=O)Nc1nc(CCC2(O)CCCCC2)cs1. The van der Waals surface area contributed by atoms with Crippen molar-refractivity contribution in [1.29, 1.82) is 0 Å². The maximum Gasteiger partial charge on any atom is 0.263 e. The second-order valence-corrected chi connectivity index (χ2v) is 12.1. The van der Waals surface area contributed by atoms with Crippen molar-refractivity contribution in [3.8, 4) is 5.75 Å². The zero-order valence-electron chi connectivity index (χ0n) is 20.5. The van der Waals surface area contributed by atoms with Crippen molar-refractivity contribution in [1.82, 2.24) is 9.88 Å². The van der Waals surface area contributed by atoms with E-state index >= 15 is 0 Å². The van der Waals surface area contributed by atoms with Crippen LogP contribution in [-0.2, 0) is 21.2 Å². The number of aliphatic hydroxyl groups is 1. The molecular weight excluding hydrogens is 486 g/mol. The molecule has 2 N–H and O–H groups in total. The summed E-state index contributed by atoms with van der Waals surface area (Å²) in [5, 5.41) is 12.9. The molecule has 2 aromatic rings. The molecule has 0 spiro atoms. The number of rotatable bonds is 11. The van der Waals surface area contributed by atoms with Crippen LogP contribution < -0.4 is 9.46 Å². The molecule has 2 fully saturated rings. The van der Waals surface area contributed by atoms with Gasteiger partial charge >= 0.3 is 0 Å². The van der Waals surface area contributed by atoms with E-state index in [0.717, 1.165) is 70.6 Å². The normalized spacial score (nSPS) is 18.9. The van der Waals surface area contributed by atoms with E-state index in [0.29, 0.717) is 35.9 Å². The molecule has 1 aromatic carbocycles. The van der Waals surface area contributed by atoms with Gasteiger partial charge in [-0.2, -0.15) is 0 Å². The highest BCUT2D eigenvalue weighted by atomic mass is 32.2. The summed E-state index contributed by atoms with van der Waals surface area (Å²) < 4.78 is 39.8. The molecule has 1 aliphatic heterocycles. The summed E-state index contributed by atoms with van der Waals surface area (Å²) >= 11 is 1.27. The van der Waals surface area contributed by atoms with Crippen molar-refractivity contribution < 1.29 is 23.0 Å². The Morgan fingerprint density at radius 1 is 1.23 bits per heavy atom. The molecule has 194 valence electrons. The number of ether oxygens (including phenoxy) is 2. The minimum absolute atomic E-state index is 0.214. The van der Waals surface area contributed by atoms with Gasteiger partial charge in [-0.05, 0) is 62.8 Å². The molecule has 10 heteroatoms. The summed E-state index contributed by atoms with van der Waals surface area (Å²) in [5.41, 5.74) is 0.828. The lowest BCUT2D eigenvalue weighted by atomic mass is 9.81. The minimum Gasteiger partial charge on any atom is -0.494 e. The van der Waals surface area contributed by atoms with Crippen LogP contribution in [0.3, 0.4) is 0 Å². The van der Waals surface area contributed by atoms with E-state index in [1.54, 1.807) is 25.1 Å². The zero-order chi connectivity index (χ0) is 24.7. The summed E-state index contributed by atoms with van der Waals surface area (Å²) in [6, 6.07) is 5.05. The molecule has 0 bridgehead atoms. The Morgan fingerprint density at radius 3 is 2.74 bits per heavy atom. The molecule has 8 nitrogen and oxygen atoms in total. The lowest BCUT2D eigenvalue weighted by molar-refractivity contribution is -0.00359. The minimum atomic E-state index is -3.76. The molecule has 2 heterocycles. The predicted octanol–water partition coefficient (Wildman–Crippen LogP) is 3.98. The molecule has 4 rings (SSSR count). The van der Waals surface area contributed by atoms with Gasteiger partial charge in [-0.15, -0.1) is 11.3 Å². The molecular formula is C25H37N3O5S2. The number of anilines is 1. The highest BCUT2D eigenvalue weighted by molar-refractivity contribution is 7.93. The fourth-order valence-corrected chi connectivity index (χ4v) is 7.00. The van der Waals surface area contributed by atoms with E-state index in [1.165, 1.54) is 17.8 Å². The first kappa shape index (κ1) is 26.3. The number of sulfonamides is 1. The average Bonchev–Trinajstić information content (AvgIpc) is 3.28. The molecule has 35 heavy (non-hydrogen) atoms. The third kappa shape index (κ3) is 7.63. The molecule has 1 saturated carbocycles. The molecule has 1 saturated heterocycles. The Labute approximate surface area is 212 Å². The van der Waals surface area contributed by atoms with Crippen molar-refractivity contribution in [2.45, 2.75) is 68.8 Å². The quantitative estimate of drug-likeness (QED) is 0.430. The summed E-state index contributed by atoms with van der Waals surface area (Å²) in [6.45, 7) is 6.81. The number of nitrogens with one attached hydrogen (secondary N) is 1. The van der Waals surface area contributed by atoms with E-state index in [1.807, 2.05) is 5.38 Å². The number of thiazole rings is 1. The van der Waals surface area contributed by atoms with E-state index in [2.05, 4.69) is 14.6 Å². The number of benzene rings is 1. The van der Waals surface area contributed by atoms with E-state index < -0.39 is 15.6 Å². The van der Waals surface area contributed by atoms with Gasteiger partial charge in [0.05, 0.1) is 36.0 Å². The molecule has 1 aromatic heterocycles. The Balaban J connectivity index is 1.28. The Kier molecular flexibility index (Phi) is 9.04. The third-order valence-electron chi connectivity index (χ3n) is 6.83. The molecule has 0 amide bonds. The number of nitrogens with zero attached hydrogens (tertiary/aromatic N) is 2. The number of aromatic nitrogens is 1. The van der Waals surface area contributed by atoms with Crippen molar-refractivity contribution in [2.24, 2.45) is 0 Å². The predicted molar refractivity (Wildman–Crippen MR) is 138 cm³/mol. The summed E-state index contributed by atoms with van der Waals surface area (Å²) in [5.74, 6) is 0.667. The van der Waals surface area contributed by atoms with Gasteiger partial charge in [0.2, 0.25) is 0 Å². The van der Waals surface area contributed by atoms with Crippen LogP contribution in [0.25, 0.3) is 0 Å². The van der Waals surface area contributed by atoms with Crippen LogP contribution in [-0.4, -0.2) is 68.5 Å². The molecule has 0 radical (unpaired) electrons. The van der Waals surface area contributed by atoms with Crippen molar-refractivity contribution in [2.75, 3.05) is 44.2 Å². The largest absolute Gasteiger partial charge is 0.494 e. The fraction of sp³-hybridized carbons (Fsp3) is 0.640. The van der Waals surface area contributed by atoms with Crippen LogP contribution in [0, 0.1) is 6.92 Å². The van der Waals surface area contributed by atoms with Gasteiger partial charge in [0, 0.05) is 25.0 Å². The number of hydrogen-bond acceptors (Lipinski definition) is 8. The maximum atomic E-state index is 13.0. The number of morpholine rings is 1. The van der Waals surface area contributed by atoms with Gasteiger partial charge < -0.3 is 14.6 Å². The molecule has 0 unspecified atom stereocenters. The highest BCUT2D eigenvalue weighted by Crippen LogP contribution is 2.32. The summed E-state index contributed by atoms with van der Waals surface area (Å²) in [4.78, 5) is 7.03. The standard InChI is InChI=1S/C25H37N3O5S2/c1-20-18-22(33-15-5-12-28-13-16-32-17-14-28)6-7-23(20)35(30,31)27-24-26-21(19-34-24)8-11-25(29)9-3-2-4-10-25/h6-7,18-19,29H,2-5,8-17H2,1H3,(H,26,27). The van der Waals surface area contributed by atoms with Gasteiger partial charge in [0.15, 0.2) is 5.13 Å². The zero-order valence-corrected chi connectivity index (χ0v) is 22.1. The first-order valence-corrected chi connectivity index (χ1v) is 14.9. The monoisotopic (exact) mass is 523 g/mol. The van der Waals surface area contributed by atoms with Crippen LogP contribution in [0.5, 0.6) is 5.75 Å². The maximum absolute atomic E-state index is 13.0. The first-order chi connectivity index (χ1) is 16.8. The molecule has 1 aliphatic carbocycles. The fourth-order valence-electron chi connectivity index (χ4n) is 4.78. The van der Waals surface area contributed by atoms with Crippen LogP contribution in [0.15, 0.2) is 28.5 Å². The van der Waals surface area contributed by atoms with E-state index in [-0.39, 0.29) is 4.90 Å². The number of aryl methyl sites for hydroxylation is 2. The van der Waals surface area contributed by atoms with Crippen LogP contribution >= 0.6 is 11.3 Å². The van der Waals surface area contributed by atoms with Crippen LogP contribution in [0.1, 0.15) is 56.2 Å². The van der Waals surface area contributed by atoms with Crippen molar-refractivity contribution in [3.63, 3.8) is 0 Å². The third-order valence-corrected chi connectivity index (χ3v) is 9.27. The average molecular weight is 524 g/mol. The molecule has 2 aliphatic rings. The van der Waals surface area contributed by atoms with E-state index in [9.17, 15) is 13.5 Å². The smallest absolute Gasteiger partial charge is 0.263 e. The van der Waals surface area contributed by atoms with Crippen molar-refractivity contribution in [3.05, 3.63) is 34.8 Å². The lowest BCUT2D eigenvalue weighted by Gasteiger charge is -2.31. The second kappa shape index (κ2) is 12.0. The summed E-state index contributed by atoms with van der Waals surface area (Å²) in [6.07, 6.45) is 7.21. The van der Waals surface area contributed by atoms with Gasteiger partial charge in [0.1, 0.15) is 5.75 Å². The van der Waals surface area contributed by atoms with Crippen LogP contribution in [0.4, 0.5) is 5.13 Å². The van der Waals surface area contributed by atoms with E-state index in [4.69, 9.17) is 9.47 Å². The second-order valence-electron chi connectivity index (χ2n) is 9.62. The first-order valence-electron chi connectivity index (χ1n) is 12.6. The van der Waals surface area contributed by atoms with Gasteiger partial charge in [-0.3, -0.25) is 9.62 Å². The van der Waals surface area contributed by atoms with Crippen LogP contribution in [0.2, 0.25) is 0 Å². The van der Waals surface area contributed by atoms with Gasteiger partial charge in [-0.25, -0.2) is 13.4 Å².